The molecule has 150 valence electrons. The Balaban J connectivity index is 2.26. The predicted molar refractivity (Wildman–Crippen MR) is 114 cm³/mol. The average molecular weight is 421 g/mol. The largest absolute Gasteiger partial charge is 0.507 e. The van der Waals surface area contributed by atoms with E-state index in [1.54, 1.807) is 18.2 Å². The highest BCUT2D eigenvalue weighted by Crippen LogP contribution is 2.40. The van der Waals surface area contributed by atoms with E-state index in [1.165, 1.54) is 12.1 Å². The molecule has 3 rings (SSSR count). The van der Waals surface area contributed by atoms with Crippen molar-refractivity contribution >= 4 is 33.1 Å². The Hall–Kier alpha value is -2.05. The summed E-state index contributed by atoms with van der Waals surface area (Å²) in [6.07, 6.45) is 0. The molecule has 0 atom stereocenters. The van der Waals surface area contributed by atoms with E-state index in [0.29, 0.717) is 16.3 Å². The van der Waals surface area contributed by atoms with E-state index in [-0.39, 0.29) is 27.3 Å². The molecule has 2 N–H and O–H groups in total. The maximum Gasteiger partial charge on any atom is 0.286 e. The van der Waals surface area contributed by atoms with Crippen LogP contribution in [0.2, 0.25) is 5.02 Å². The number of nitrogens with one attached hydrogen (secondary N) is 1. The second-order valence-electron chi connectivity index (χ2n) is 9.10. The van der Waals surface area contributed by atoms with Gasteiger partial charge in [0, 0.05) is 21.7 Å². The van der Waals surface area contributed by atoms with Gasteiger partial charge in [0.2, 0.25) is 0 Å². The van der Waals surface area contributed by atoms with Crippen molar-refractivity contribution in [3.8, 4) is 5.75 Å². The van der Waals surface area contributed by atoms with Crippen LogP contribution in [0.15, 0.2) is 39.6 Å². The lowest BCUT2D eigenvalue weighted by molar-refractivity contribution is 0.423. The maximum absolute atomic E-state index is 12.7. The van der Waals surface area contributed by atoms with Gasteiger partial charge in [0.15, 0.2) is 5.84 Å². The molecule has 0 unspecified atom stereocenters. The SMILES string of the molecule is CC(C)(C)c1cc(C2=NS(=O)(=O)c3ccc(Cl)cc3N2)cc(C(C)(C)C)c1O. The van der Waals surface area contributed by atoms with Crippen molar-refractivity contribution in [1.29, 1.82) is 0 Å². The molecule has 7 heteroatoms. The van der Waals surface area contributed by atoms with Crippen LogP contribution in [0.5, 0.6) is 5.75 Å². The molecular formula is C21H25ClN2O3S. The van der Waals surface area contributed by atoms with Crippen LogP contribution in [-0.2, 0) is 20.9 Å². The van der Waals surface area contributed by atoms with Gasteiger partial charge in [-0.05, 0) is 41.2 Å². The van der Waals surface area contributed by atoms with E-state index in [2.05, 4.69) is 9.71 Å². The molecular weight excluding hydrogens is 396 g/mol. The van der Waals surface area contributed by atoms with Crippen LogP contribution in [0.25, 0.3) is 0 Å². The van der Waals surface area contributed by atoms with Crippen LogP contribution in [-0.4, -0.2) is 19.4 Å². The van der Waals surface area contributed by atoms with Crippen molar-refractivity contribution < 1.29 is 13.5 Å². The zero-order valence-corrected chi connectivity index (χ0v) is 18.5. The summed E-state index contributed by atoms with van der Waals surface area (Å²) in [5.41, 5.74) is 1.77. The third-order valence-electron chi connectivity index (χ3n) is 4.68. The quantitative estimate of drug-likeness (QED) is 0.664. The molecule has 0 aromatic heterocycles. The number of hydrogen-bond acceptors (Lipinski definition) is 4. The topological polar surface area (TPSA) is 78.8 Å². The number of halogens is 1. The van der Waals surface area contributed by atoms with Crippen molar-refractivity contribution in [2.45, 2.75) is 57.3 Å². The summed E-state index contributed by atoms with van der Waals surface area (Å²) in [5.74, 6) is 0.442. The average Bonchev–Trinajstić information content (AvgIpc) is 2.51. The molecule has 5 nitrogen and oxygen atoms in total. The molecule has 0 radical (unpaired) electrons. The van der Waals surface area contributed by atoms with Gasteiger partial charge in [0.1, 0.15) is 10.6 Å². The van der Waals surface area contributed by atoms with E-state index >= 15 is 0 Å². The number of hydrogen-bond donors (Lipinski definition) is 2. The van der Waals surface area contributed by atoms with Crippen LogP contribution in [0, 0.1) is 0 Å². The molecule has 0 amide bonds. The zero-order valence-electron chi connectivity index (χ0n) is 16.9. The van der Waals surface area contributed by atoms with Crippen molar-refractivity contribution in [2.24, 2.45) is 4.40 Å². The highest BCUT2D eigenvalue weighted by atomic mass is 35.5. The first kappa shape index (κ1) is 20.7. The fourth-order valence-electron chi connectivity index (χ4n) is 3.18. The molecule has 1 aliphatic rings. The summed E-state index contributed by atoms with van der Waals surface area (Å²) in [4.78, 5) is 0.0894. The molecule has 1 heterocycles. The number of aromatic hydroxyl groups is 1. The van der Waals surface area contributed by atoms with Gasteiger partial charge < -0.3 is 10.4 Å². The molecule has 0 saturated heterocycles. The van der Waals surface area contributed by atoms with Gasteiger partial charge in [-0.1, -0.05) is 53.1 Å². The number of sulfonamides is 1. The lowest BCUT2D eigenvalue weighted by Gasteiger charge is -2.29. The minimum atomic E-state index is -3.86. The smallest absolute Gasteiger partial charge is 0.286 e. The van der Waals surface area contributed by atoms with Gasteiger partial charge in [-0.2, -0.15) is 8.42 Å². The van der Waals surface area contributed by atoms with E-state index in [1.807, 2.05) is 41.5 Å². The summed E-state index contributed by atoms with van der Waals surface area (Å²) in [6, 6.07) is 8.12. The second kappa shape index (κ2) is 6.49. The normalized spacial score (nSPS) is 16.2. The molecule has 1 aliphatic heterocycles. The number of phenols is 1. The first-order valence-electron chi connectivity index (χ1n) is 9.00. The second-order valence-corrected chi connectivity index (χ2v) is 11.1. The summed E-state index contributed by atoms with van der Waals surface area (Å²) in [5, 5.41) is 14.4. The van der Waals surface area contributed by atoms with Gasteiger partial charge in [-0.25, -0.2) is 0 Å². The minimum Gasteiger partial charge on any atom is -0.507 e. The summed E-state index contributed by atoms with van der Waals surface area (Å²) < 4.78 is 29.3. The number of anilines is 1. The number of phenolic OH excluding ortho intramolecular Hbond substituents is 1. The predicted octanol–water partition coefficient (Wildman–Crippen LogP) is 5.20. The third-order valence-corrected chi connectivity index (χ3v) is 6.25. The van der Waals surface area contributed by atoms with Crippen molar-refractivity contribution in [1.82, 2.24) is 0 Å². The first-order chi connectivity index (χ1) is 12.7. The maximum atomic E-state index is 12.7. The molecule has 0 spiro atoms. The molecule has 28 heavy (non-hydrogen) atoms. The molecule has 0 aliphatic carbocycles. The highest BCUT2D eigenvalue weighted by Gasteiger charge is 2.30. The van der Waals surface area contributed by atoms with E-state index in [4.69, 9.17) is 11.6 Å². The number of rotatable bonds is 1. The van der Waals surface area contributed by atoms with Gasteiger partial charge in [0.25, 0.3) is 10.0 Å². The lowest BCUT2D eigenvalue weighted by atomic mass is 9.78. The minimum absolute atomic E-state index is 0.0894. The van der Waals surface area contributed by atoms with Gasteiger partial charge in [-0.15, -0.1) is 4.40 Å². The summed E-state index contributed by atoms with van der Waals surface area (Å²) in [7, 11) is -3.86. The van der Waals surface area contributed by atoms with Crippen LogP contribution >= 0.6 is 11.6 Å². The fraction of sp³-hybridized carbons (Fsp3) is 0.381. The number of nitrogens with zero attached hydrogens (tertiary/aromatic N) is 1. The van der Waals surface area contributed by atoms with Gasteiger partial charge in [0.05, 0.1) is 5.69 Å². The molecule has 0 bridgehead atoms. The van der Waals surface area contributed by atoms with Crippen molar-refractivity contribution in [3.05, 3.63) is 52.0 Å². The van der Waals surface area contributed by atoms with Crippen molar-refractivity contribution in [3.63, 3.8) is 0 Å². The first-order valence-corrected chi connectivity index (χ1v) is 10.8. The van der Waals surface area contributed by atoms with Crippen molar-refractivity contribution in [2.75, 3.05) is 5.32 Å². The Labute approximate surface area is 171 Å². The highest BCUT2D eigenvalue weighted by molar-refractivity contribution is 7.90. The number of benzene rings is 2. The van der Waals surface area contributed by atoms with Gasteiger partial charge >= 0.3 is 0 Å². The monoisotopic (exact) mass is 420 g/mol. The number of fused-ring (bicyclic) bond motifs is 1. The Morgan fingerprint density at radius 1 is 0.964 bits per heavy atom. The van der Waals surface area contributed by atoms with Crippen LogP contribution in [0.3, 0.4) is 0 Å². The Morgan fingerprint density at radius 3 is 2.00 bits per heavy atom. The molecule has 2 aromatic carbocycles. The Kier molecular flexibility index (Phi) is 4.79. The van der Waals surface area contributed by atoms with E-state index < -0.39 is 10.0 Å². The molecule has 2 aromatic rings. The molecule has 0 saturated carbocycles. The van der Waals surface area contributed by atoms with E-state index in [0.717, 1.165) is 11.1 Å². The standard InChI is InChI=1S/C21H25ClN2O3S/c1-20(2,3)14-9-12(10-15(18(14)25)21(4,5)6)19-23-16-11-13(22)7-8-17(16)28(26,27)24-19/h7-11,25H,1-6H3,(H,23,24). The zero-order chi connectivity index (χ0) is 21.1. The van der Waals surface area contributed by atoms with Crippen LogP contribution < -0.4 is 5.32 Å². The van der Waals surface area contributed by atoms with Crippen LogP contribution in [0.4, 0.5) is 5.69 Å². The Bertz CT molecular complexity index is 1060. The third kappa shape index (κ3) is 3.76. The number of amidine groups is 1. The van der Waals surface area contributed by atoms with Gasteiger partial charge in [-0.3, -0.25) is 0 Å². The summed E-state index contributed by atoms with van der Waals surface area (Å²) in [6.45, 7) is 12.0. The van der Waals surface area contributed by atoms with Crippen LogP contribution in [0.1, 0.15) is 58.2 Å². The fourth-order valence-corrected chi connectivity index (χ4v) is 4.47. The molecule has 0 fully saturated rings. The lowest BCUT2D eigenvalue weighted by Crippen LogP contribution is -2.25. The Morgan fingerprint density at radius 2 is 1.50 bits per heavy atom. The summed E-state index contributed by atoms with van der Waals surface area (Å²) >= 11 is 6.05. The van der Waals surface area contributed by atoms with E-state index in [9.17, 15) is 13.5 Å².